The van der Waals surface area contributed by atoms with Gasteiger partial charge in [0.25, 0.3) is 0 Å². The normalized spacial score (nSPS) is 11.1. The monoisotopic (exact) mass is 1000 g/mol. The summed E-state index contributed by atoms with van der Waals surface area (Å²) in [5, 5.41) is 50.7. The Morgan fingerprint density at radius 2 is 1.28 bits per heavy atom. The Morgan fingerprint density at radius 3 is 1.49 bits per heavy atom. The molecule has 2 amide bonds. The molecule has 6 heterocycles. The molecule has 1 aliphatic heterocycles. The fourth-order valence-electron chi connectivity index (χ4n) is 4.36. The first-order valence-corrected chi connectivity index (χ1v) is 24.3. The summed E-state index contributed by atoms with van der Waals surface area (Å²) in [6.07, 6.45) is 5.27. The summed E-state index contributed by atoms with van der Waals surface area (Å²) in [4.78, 5) is 45.8. The van der Waals surface area contributed by atoms with E-state index in [4.69, 9.17) is 34.1 Å². The number of nitrogens with one attached hydrogen (secondary N) is 4. The van der Waals surface area contributed by atoms with Crippen LogP contribution in [-0.4, -0.2) is 71.7 Å². The van der Waals surface area contributed by atoms with Crippen LogP contribution >= 0.6 is 22.9 Å². The molecule has 0 saturated heterocycles. The molecule has 5 aromatic heterocycles. The maximum absolute atomic E-state index is 11.1. The van der Waals surface area contributed by atoms with Gasteiger partial charge < -0.3 is 44.7 Å². The third-order valence-electron chi connectivity index (χ3n) is 8.55. The Bertz CT molecular complexity index is 2170. The van der Waals surface area contributed by atoms with Crippen molar-refractivity contribution in [3.8, 4) is 23.0 Å². The number of carbonyl (C=O) groups is 2. The summed E-state index contributed by atoms with van der Waals surface area (Å²) in [5.74, 6) is 6.23. The number of furan rings is 1. The van der Waals surface area contributed by atoms with E-state index in [1.54, 1.807) is 42.3 Å². The van der Waals surface area contributed by atoms with Crippen molar-refractivity contribution in [1.29, 1.82) is 0 Å². The molecule has 1 aliphatic rings. The van der Waals surface area contributed by atoms with Gasteiger partial charge in [-0.2, -0.15) is 14.5 Å². The van der Waals surface area contributed by atoms with Crippen LogP contribution in [0.5, 0.6) is 23.0 Å². The number of amidine groups is 1. The van der Waals surface area contributed by atoms with Gasteiger partial charge in [-0.3, -0.25) is 19.5 Å². The Hall–Kier alpha value is -6.15. The number of amides is 2. The lowest BCUT2D eigenvalue weighted by Gasteiger charge is -2.01. The molecule has 18 nitrogen and oxygen atoms in total. The molecule has 0 radical (unpaired) electrons. The van der Waals surface area contributed by atoms with Gasteiger partial charge >= 0.3 is 0 Å². The molecule has 6 rings (SSSR count). The average molecular weight is 1010 g/mol. The van der Waals surface area contributed by atoms with Crippen molar-refractivity contribution >= 4 is 40.5 Å². The van der Waals surface area contributed by atoms with Crippen LogP contribution in [0, 0.1) is 17.8 Å². The number of nitrogens with zero attached hydrogens (tertiary/aromatic N) is 4. The van der Waals surface area contributed by atoms with Crippen LogP contribution in [0.2, 0.25) is 0 Å². The number of aliphatic imine (C=N–C) groups is 1. The first kappa shape index (κ1) is 64.9. The van der Waals surface area contributed by atoms with Gasteiger partial charge in [-0.25, -0.2) is 10.5 Å². The SMILES string of the molecule is C=C1N=C(C(C)C)NO1.CC(C)c1cc(O)co1.CC(C)c1cc(O)cs1.CC(C)c1cocc(O)c1=O.CC(C)c1ncn[nH]1.CC(C)c1nscc1O.CNC(=O)C(C)C.CNC(=O)C(C)C. The molecule has 5 aromatic rings. The van der Waals surface area contributed by atoms with Gasteiger partial charge in [0, 0.05) is 71.5 Å². The second kappa shape index (κ2) is 35.0. The largest absolute Gasteiger partial charge is 0.507 e. The van der Waals surface area contributed by atoms with Crippen LogP contribution in [0.25, 0.3) is 0 Å². The molecule has 69 heavy (non-hydrogen) atoms. The predicted molar refractivity (Wildman–Crippen MR) is 277 cm³/mol. The maximum Gasteiger partial charge on any atom is 0.240 e. The minimum absolute atomic E-state index is 0.0818. The zero-order chi connectivity index (χ0) is 53.6. The lowest BCUT2D eigenvalue weighted by atomic mass is 10.1. The molecular weight excluding hydrogens is 925 g/mol. The number of aromatic nitrogens is 4. The van der Waals surface area contributed by atoms with Gasteiger partial charge in [-0.15, -0.1) is 11.3 Å². The van der Waals surface area contributed by atoms with E-state index < -0.39 is 0 Å². The highest BCUT2D eigenvalue weighted by Gasteiger charge is 2.12. The fourth-order valence-corrected chi connectivity index (χ4v) is 5.84. The van der Waals surface area contributed by atoms with Crippen molar-refractivity contribution in [2.45, 2.75) is 140 Å². The van der Waals surface area contributed by atoms with E-state index in [1.165, 1.54) is 35.3 Å². The number of hydroxylamine groups is 1. The van der Waals surface area contributed by atoms with E-state index in [2.05, 4.69) is 74.9 Å². The fraction of sp³-hybridized carbons (Fsp3) is 0.531. The molecule has 0 atom stereocenters. The maximum atomic E-state index is 11.1. The summed E-state index contributed by atoms with van der Waals surface area (Å²) in [6.45, 7) is 35.2. The Kier molecular flexibility index (Phi) is 33.0. The summed E-state index contributed by atoms with van der Waals surface area (Å²) in [5.41, 5.74) is 3.63. The summed E-state index contributed by atoms with van der Waals surface area (Å²) < 4.78 is 13.7. The highest BCUT2D eigenvalue weighted by Crippen LogP contribution is 2.27. The quantitative estimate of drug-likeness (QED) is 0.0718. The number of H-pyrrole nitrogens is 1. The average Bonchev–Trinajstić information content (AvgIpc) is 4.15. The van der Waals surface area contributed by atoms with Crippen LogP contribution < -0.4 is 21.5 Å². The van der Waals surface area contributed by atoms with Crippen LogP contribution in [-0.2, 0) is 14.4 Å². The van der Waals surface area contributed by atoms with E-state index in [1.807, 2.05) is 89.2 Å². The third-order valence-corrected chi connectivity index (χ3v) is 10.4. The number of aromatic hydroxyl groups is 4. The van der Waals surface area contributed by atoms with E-state index in [-0.39, 0.29) is 46.5 Å². The van der Waals surface area contributed by atoms with Crippen molar-refractivity contribution < 1.29 is 43.7 Å². The van der Waals surface area contributed by atoms with E-state index >= 15 is 0 Å². The molecule has 20 heteroatoms. The number of rotatable bonds is 8. The molecule has 0 unspecified atom stereocenters. The smallest absolute Gasteiger partial charge is 0.240 e. The highest BCUT2D eigenvalue weighted by molar-refractivity contribution is 7.10. The molecule has 0 bridgehead atoms. The number of aromatic amines is 1. The molecule has 0 aromatic carbocycles. The molecule has 0 fully saturated rings. The first-order valence-electron chi connectivity index (χ1n) is 22.6. The number of carbonyl (C=O) groups excluding carboxylic acids is 2. The Labute approximate surface area is 416 Å². The third kappa shape index (κ3) is 28.7. The van der Waals surface area contributed by atoms with E-state index in [0.717, 1.165) is 29.4 Å². The summed E-state index contributed by atoms with van der Waals surface area (Å²) in [6, 6.07) is 3.44. The van der Waals surface area contributed by atoms with Crippen molar-refractivity contribution in [2.75, 3.05) is 14.1 Å². The second-order valence-corrected chi connectivity index (χ2v) is 19.0. The van der Waals surface area contributed by atoms with Gasteiger partial charge in [0.15, 0.2) is 11.5 Å². The van der Waals surface area contributed by atoms with Crippen LogP contribution in [0.4, 0.5) is 0 Å². The lowest BCUT2D eigenvalue weighted by molar-refractivity contribution is -0.124. The van der Waals surface area contributed by atoms with Crippen molar-refractivity contribution in [3.63, 3.8) is 0 Å². The Balaban J connectivity index is 0. The summed E-state index contributed by atoms with van der Waals surface area (Å²) >= 11 is 2.90. The van der Waals surface area contributed by atoms with Gasteiger partial charge in [-0.05, 0) is 36.0 Å². The standard InChI is InChI=1S/C8H10O3.C7H10O2.C7H10OS.C6H10N2O.C6H9NOS.C5H9N3.2C5H11NO/c1-5(2)6-3-11-4-7(9)8(6)10;2*1-5(2)7-3-6(8)4-9-7;1-4(2)6-7-5(3)9-8-6;1-4(2)6-5(8)3-9-7-6;1-4(2)5-6-3-7-8-5;2*1-4(2)5(7)6-3/h3-5,9H,1-2H3;2*3-5,8H,1-2H3;4H,3H2,1-2H3,(H,7,8);3-4,8H,1-2H3;3-4H,1-2H3,(H,6,7,8);2*4H,1-3H3,(H,6,7). The van der Waals surface area contributed by atoms with E-state index in [0.29, 0.717) is 52.5 Å². The number of hydrogen-bond donors (Lipinski definition) is 8. The van der Waals surface area contributed by atoms with Crippen LogP contribution in [0.1, 0.15) is 168 Å². The number of thiophene rings is 1. The minimum Gasteiger partial charge on any atom is -0.507 e. The predicted octanol–water partition coefficient (Wildman–Crippen LogP) is 10.9. The van der Waals surface area contributed by atoms with Crippen LogP contribution in [0.15, 0.2) is 79.1 Å². The molecule has 0 saturated carbocycles. The zero-order valence-corrected chi connectivity index (χ0v) is 45.4. The van der Waals surface area contributed by atoms with Crippen molar-refractivity contribution in [2.24, 2.45) is 22.7 Å². The van der Waals surface area contributed by atoms with Crippen molar-refractivity contribution in [1.82, 2.24) is 35.7 Å². The number of hydrogen-bond acceptors (Lipinski definition) is 17. The van der Waals surface area contributed by atoms with Gasteiger partial charge in [0.1, 0.15) is 47.8 Å². The van der Waals surface area contributed by atoms with Gasteiger partial charge in [0.2, 0.25) is 23.1 Å². The molecule has 388 valence electrons. The Morgan fingerprint density at radius 1 is 0.696 bits per heavy atom. The highest BCUT2D eigenvalue weighted by atomic mass is 32.1. The molecule has 0 spiro atoms. The zero-order valence-electron chi connectivity index (χ0n) is 43.8. The topological polar surface area (TPSA) is 271 Å². The van der Waals surface area contributed by atoms with Gasteiger partial charge in [0.05, 0.1) is 17.3 Å². The van der Waals surface area contributed by atoms with Gasteiger partial charge in [-0.1, -0.05) is 111 Å². The molecule has 8 N–H and O–H groups in total. The first-order chi connectivity index (χ1) is 32.1. The summed E-state index contributed by atoms with van der Waals surface area (Å²) in [7, 11) is 3.28. The minimum atomic E-state index is -0.341. The van der Waals surface area contributed by atoms with Crippen LogP contribution in [0.3, 0.4) is 0 Å². The molecule has 0 aliphatic carbocycles. The van der Waals surface area contributed by atoms with E-state index in [9.17, 15) is 14.4 Å². The second-order valence-electron chi connectivity index (χ2n) is 17.5. The van der Waals surface area contributed by atoms with Crippen molar-refractivity contribution in [3.05, 3.63) is 98.4 Å². The lowest BCUT2D eigenvalue weighted by Crippen LogP contribution is -2.22. The molecular formula is C49H80N8O10S2.